The van der Waals surface area contributed by atoms with Crippen molar-refractivity contribution < 1.29 is 19.5 Å². The number of rotatable bonds is 5. The lowest BCUT2D eigenvalue weighted by atomic mass is 10.3. The molecule has 0 unspecified atom stereocenters. The highest BCUT2D eigenvalue weighted by atomic mass is 16.4. The van der Waals surface area contributed by atoms with Crippen LogP contribution in [0, 0.1) is 0 Å². The van der Waals surface area contributed by atoms with Crippen LogP contribution in [0.1, 0.15) is 26.7 Å². The number of hydrogen-bond donors (Lipinski definition) is 3. The Morgan fingerprint density at radius 1 is 1.21 bits per heavy atom. The van der Waals surface area contributed by atoms with E-state index in [2.05, 4.69) is 5.32 Å². The number of carboxylic acid groups (broad SMARTS) is 1. The number of amides is 2. The highest BCUT2D eigenvalue weighted by Gasteiger charge is 2.05. The normalized spacial score (nSPS) is 8.14. The number of carbonyl (C=O) groups excluding carboxylic acids is 2. The van der Waals surface area contributed by atoms with Gasteiger partial charge in [0.1, 0.15) is 0 Å². The lowest BCUT2D eigenvalue weighted by Gasteiger charge is -1.99. The highest BCUT2D eigenvalue weighted by molar-refractivity contribution is 5.85. The van der Waals surface area contributed by atoms with Crippen molar-refractivity contribution in [1.82, 2.24) is 5.32 Å². The number of carbonyl (C=O) groups is 3. The van der Waals surface area contributed by atoms with Gasteiger partial charge in [0.05, 0.1) is 13.0 Å². The first-order chi connectivity index (χ1) is 6.52. The van der Waals surface area contributed by atoms with E-state index in [4.69, 9.17) is 10.8 Å². The molecule has 0 radical (unpaired) electrons. The Labute approximate surface area is 82.5 Å². The fourth-order valence-electron chi connectivity index (χ4n) is 0.495. The van der Waals surface area contributed by atoms with Gasteiger partial charge in [-0.1, -0.05) is 13.8 Å². The highest BCUT2D eigenvalue weighted by Crippen LogP contribution is 1.87. The van der Waals surface area contributed by atoms with Gasteiger partial charge in [-0.05, 0) is 0 Å². The Balaban J connectivity index is 0. The summed E-state index contributed by atoms with van der Waals surface area (Å²) in [6.07, 6.45) is -0.382. The molecule has 6 heteroatoms. The SMILES string of the molecule is CC.NC(=O)CNC(=O)CCC(=O)O. The Kier molecular flexibility index (Phi) is 10.1. The minimum absolute atomic E-state index is 0.136. The zero-order valence-electron chi connectivity index (χ0n) is 8.37. The maximum Gasteiger partial charge on any atom is 0.303 e. The quantitative estimate of drug-likeness (QED) is 0.559. The molecule has 0 heterocycles. The van der Waals surface area contributed by atoms with Gasteiger partial charge in [0, 0.05) is 6.42 Å². The molecule has 0 bridgehead atoms. The van der Waals surface area contributed by atoms with Gasteiger partial charge < -0.3 is 16.2 Å². The molecule has 0 aromatic heterocycles. The van der Waals surface area contributed by atoms with Crippen molar-refractivity contribution in [1.29, 1.82) is 0 Å². The van der Waals surface area contributed by atoms with Crippen molar-refractivity contribution in [2.24, 2.45) is 5.73 Å². The van der Waals surface area contributed by atoms with E-state index in [-0.39, 0.29) is 19.4 Å². The summed E-state index contributed by atoms with van der Waals surface area (Å²) in [5.74, 6) is -2.20. The minimum Gasteiger partial charge on any atom is -0.481 e. The topological polar surface area (TPSA) is 109 Å². The van der Waals surface area contributed by atoms with E-state index in [0.717, 1.165) is 0 Å². The minimum atomic E-state index is -1.05. The van der Waals surface area contributed by atoms with Crippen LogP contribution in [0.3, 0.4) is 0 Å². The molecule has 0 aliphatic carbocycles. The molecular weight excluding hydrogens is 188 g/mol. The molecule has 2 amide bonds. The van der Waals surface area contributed by atoms with Crippen molar-refractivity contribution in [3.05, 3.63) is 0 Å². The van der Waals surface area contributed by atoms with Gasteiger partial charge in [0.25, 0.3) is 0 Å². The molecule has 0 atom stereocenters. The number of carboxylic acids is 1. The molecule has 0 rings (SSSR count). The number of primary amides is 1. The van der Waals surface area contributed by atoms with Gasteiger partial charge in [-0.2, -0.15) is 0 Å². The second-order valence-electron chi connectivity index (χ2n) is 2.14. The van der Waals surface area contributed by atoms with Crippen molar-refractivity contribution in [3.8, 4) is 0 Å². The fraction of sp³-hybridized carbons (Fsp3) is 0.625. The molecule has 4 N–H and O–H groups in total. The lowest BCUT2D eigenvalue weighted by molar-refractivity contribution is -0.138. The summed E-state index contributed by atoms with van der Waals surface area (Å²) in [4.78, 5) is 30.8. The number of hydrogen-bond acceptors (Lipinski definition) is 3. The zero-order chi connectivity index (χ0) is 11.6. The van der Waals surface area contributed by atoms with Gasteiger partial charge in [0.15, 0.2) is 0 Å². The molecule has 0 aliphatic rings. The summed E-state index contributed by atoms with van der Waals surface area (Å²) in [6, 6.07) is 0. The molecule has 14 heavy (non-hydrogen) atoms. The van der Waals surface area contributed by atoms with Crippen LogP contribution in [0.4, 0.5) is 0 Å². The summed E-state index contributed by atoms with van der Waals surface area (Å²) >= 11 is 0. The number of nitrogens with one attached hydrogen (secondary N) is 1. The largest absolute Gasteiger partial charge is 0.481 e. The molecule has 0 saturated carbocycles. The molecule has 0 aliphatic heterocycles. The van der Waals surface area contributed by atoms with E-state index < -0.39 is 17.8 Å². The average Bonchev–Trinajstić information content (AvgIpc) is 2.14. The van der Waals surface area contributed by atoms with Gasteiger partial charge in [-0.3, -0.25) is 14.4 Å². The third-order valence-electron chi connectivity index (χ3n) is 1.03. The van der Waals surface area contributed by atoms with Crippen molar-refractivity contribution in [3.63, 3.8) is 0 Å². The van der Waals surface area contributed by atoms with Crippen LogP contribution in [0.25, 0.3) is 0 Å². The van der Waals surface area contributed by atoms with E-state index in [1.54, 1.807) is 0 Å². The van der Waals surface area contributed by atoms with Crippen LogP contribution in [-0.2, 0) is 14.4 Å². The number of aliphatic carboxylic acids is 1. The fourth-order valence-corrected chi connectivity index (χ4v) is 0.495. The van der Waals surface area contributed by atoms with Gasteiger partial charge >= 0.3 is 5.97 Å². The van der Waals surface area contributed by atoms with Crippen LogP contribution in [0.2, 0.25) is 0 Å². The predicted molar refractivity (Wildman–Crippen MR) is 50.4 cm³/mol. The van der Waals surface area contributed by atoms with Crippen molar-refractivity contribution in [2.75, 3.05) is 6.54 Å². The Morgan fingerprint density at radius 3 is 2.07 bits per heavy atom. The van der Waals surface area contributed by atoms with Crippen molar-refractivity contribution >= 4 is 17.8 Å². The smallest absolute Gasteiger partial charge is 0.303 e. The summed E-state index contributed by atoms with van der Waals surface area (Å²) < 4.78 is 0. The summed E-state index contributed by atoms with van der Waals surface area (Å²) in [5, 5.41) is 10.3. The Morgan fingerprint density at radius 2 is 1.71 bits per heavy atom. The molecule has 6 nitrogen and oxygen atoms in total. The lowest BCUT2D eigenvalue weighted by Crippen LogP contribution is -2.33. The molecule has 0 aromatic rings. The standard InChI is InChI=1S/C6H10N2O4.C2H6/c7-4(9)3-8-5(10)1-2-6(11)12;1-2/h1-3H2,(H2,7,9)(H,8,10)(H,11,12);1-2H3. The van der Waals surface area contributed by atoms with Crippen LogP contribution < -0.4 is 11.1 Å². The molecule has 0 saturated heterocycles. The van der Waals surface area contributed by atoms with Gasteiger partial charge in [-0.25, -0.2) is 0 Å². The van der Waals surface area contributed by atoms with Gasteiger partial charge in [-0.15, -0.1) is 0 Å². The third kappa shape index (κ3) is 13.0. The molecule has 0 aromatic carbocycles. The van der Waals surface area contributed by atoms with Crippen LogP contribution in [-0.4, -0.2) is 29.4 Å². The zero-order valence-corrected chi connectivity index (χ0v) is 8.37. The average molecular weight is 204 g/mol. The Bertz CT molecular complexity index is 184. The number of nitrogens with two attached hydrogens (primary N) is 1. The van der Waals surface area contributed by atoms with E-state index >= 15 is 0 Å². The summed E-state index contributed by atoms with van der Waals surface area (Å²) in [7, 11) is 0. The second kappa shape index (κ2) is 9.50. The molecular formula is C8H16N2O4. The van der Waals surface area contributed by atoms with Crippen LogP contribution >= 0.6 is 0 Å². The molecule has 0 spiro atoms. The first-order valence-electron chi connectivity index (χ1n) is 4.29. The first kappa shape index (κ1) is 14.9. The van der Waals surface area contributed by atoms with Crippen LogP contribution in [0.15, 0.2) is 0 Å². The molecule has 82 valence electrons. The summed E-state index contributed by atoms with van der Waals surface area (Å²) in [5.41, 5.74) is 4.73. The summed E-state index contributed by atoms with van der Waals surface area (Å²) in [6.45, 7) is 3.75. The van der Waals surface area contributed by atoms with E-state index in [9.17, 15) is 14.4 Å². The molecule has 0 fully saturated rings. The first-order valence-corrected chi connectivity index (χ1v) is 4.29. The third-order valence-corrected chi connectivity index (χ3v) is 1.03. The maximum atomic E-state index is 10.7. The monoisotopic (exact) mass is 204 g/mol. The van der Waals surface area contributed by atoms with Crippen LogP contribution in [0.5, 0.6) is 0 Å². The predicted octanol–water partition coefficient (Wildman–Crippen LogP) is -0.521. The maximum absolute atomic E-state index is 10.7. The van der Waals surface area contributed by atoms with E-state index in [0.29, 0.717) is 0 Å². The van der Waals surface area contributed by atoms with Gasteiger partial charge in [0.2, 0.25) is 11.8 Å². The van der Waals surface area contributed by atoms with E-state index in [1.807, 2.05) is 13.8 Å². The second-order valence-corrected chi connectivity index (χ2v) is 2.14. The van der Waals surface area contributed by atoms with E-state index in [1.165, 1.54) is 0 Å². The Hall–Kier alpha value is -1.59. The van der Waals surface area contributed by atoms with Crippen molar-refractivity contribution in [2.45, 2.75) is 26.7 Å².